The van der Waals surface area contributed by atoms with Crippen molar-refractivity contribution < 1.29 is 19.2 Å². The predicted octanol–water partition coefficient (Wildman–Crippen LogP) is 3.43. The number of allylic oxidation sites excluding steroid dienone is 2. The van der Waals surface area contributed by atoms with Crippen molar-refractivity contribution in [1.82, 2.24) is 10.1 Å². The monoisotopic (exact) mass is 332 g/mol. The number of aliphatic hydroxyl groups is 1. The number of aromatic nitrogens is 1. The Morgan fingerprint density at radius 3 is 2.92 bits per heavy atom. The number of aliphatic hydroxyl groups excluding tert-OH is 1. The van der Waals surface area contributed by atoms with E-state index in [1.807, 2.05) is 32.0 Å². The van der Waals surface area contributed by atoms with E-state index in [1.54, 1.807) is 6.08 Å². The van der Waals surface area contributed by atoms with Gasteiger partial charge in [0.25, 0.3) is 5.88 Å². The molecule has 0 bridgehead atoms. The SMILES string of the molecule is CCCCOc1noc2c1C(=O)C1=C(O)C=CC[C@@]1(C)[C@H]2N(C)C. The third-order valence-electron chi connectivity index (χ3n) is 4.89. The third kappa shape index (κ3) is 2.36. The molecule has 1 heterocycles. The largest absolute Gasteiger partial charge is 0.508 e. The first-order chi connectivity index (χ1) is 11.4. The van der Waals surface area contributed by atoms with Gasteiger partial charge in [-0.2, -0.15) is 0 Å². The van der Waals surface area contributed by atoms with Gasteiger partial charge in [0.1, 0.15) is 11.3 Å². The van der Waals surface area contributed by atoms with Crippen LogP contribution in [-0.2, 0) is 0 Å². The summed E-state index contributed by atoms with van der Waals surface area (Å²) in [4.78, 5) is 15.1. The minimum absolute atomic E-state index is 0.0203. The zero-order chi connectivity index (χ0) is 17.5. The Balaban J connectivity index is 2.13. The second kappa shape index (κ2) is 6.09. The fourth-order valence-corrected chi connectivity index (χ4v) is 3.83. The van der Waals surface area contributed by atoms with Gasteiger partial charge < -0.3 is 14.4 Å². The number of carbonyl (C=O) groups excluding carboxylic acids is 1. The molecule has 2 aliphatic carbocycles. The maximum Gasteiger partial charge on any atom is 0.265 e. The molecule has 6 heteroatoms. The molecule has 1 aromatic heterocycles. The van der Waals surface area contributed by atoms with Crippen molar-refractivity contribution >= 4 is 5.78 Å². The van der Waals surface area contributed by atoms with Gasteiger partial charge in [0.2, 0.25) is 5.78 Å². The quantitative estimate of drug-likeness (QED) is 0.833. The van der Waals surface area contributed by atoms with Crippen LogP contribution in [0.1, 0.15) is 55.3 Å². The molecule has 0 unspecified atom stereocenters. The molecule has 130 valence electrons. The second-order valence-electron chi connectivity index (χ2n) is 6.91. The Hall–Kier alpha value is -2.08. The number of nitrogens with zero attached hydrogens (tertiary/aromatic N) is 2. The predicted molar refractivity (Wildman–Crippen MR) is 89.2 cm³/mol. The Morgan fingerprint density at radius 1 is 1.50 bits per heavy atom. The summed E-state index contributed by atoms with van der Waals surface area (Å²) in [5.74, 6) is 0.519. The fraction of sp³-hybridized carbons (Fsp3) is 0.556. The smallest absolute Gasteiger partial charge is 0.265 e. The third-order valence-corrected chi connectivity index (χ3v) is 4.89. The normalized spacial score (nSPS) is 25.9. The van der Waals surface area contributed by atoms with Crippen LogP contribution >= 0.6 is 0 Å². The number of rotatable bonds is 5. The Bertz CT molecular complexity index is 717. The average Bonchev–Trinajstić information content (AvgIpc) is 2.90. The zero-order valence-corrected chi connectivity index (χ0v) is 14.6. The van der Waals surface area contributed by atoms with Gasteiger partial charge in [-0.1, -0.05) is 26.3 Å². The summed E-state index contributed by atoms with van der Waals surface area (Å²) in [5, 5.41) is 14.4. The molecule has 0 saturated carbocycles. The van der Waals surface area contributed by atoms with Crippen molar-refractivity contribution in [2.75, 3.05) is 20.7 Å². The molecule has 1 N–H and O–H groups in total. The molecule has 0 amide bonds. The van der Waals surface area contributed by atoms with E-state index >= 15 is 0 Å². The van der Waals surface area contributed by atoms with Gasteiger partial charge in [-0.25, -0.2) is 0 Å². The number of hydrogen-bond donors (Lipinski definition) is 1. The van der Waals surface area contributed by atoms with E-state index in [4.69, 9.17) is 9.26 Å². The van der Waals surface area contributed by atoms with E-state index in [9.17, 15) is 9.90 Å². The molecule has 0 aromatic carbocycles. The van der Waals surface area contributed by atoms with Gasteiger partial charge in [0.05, 0.1) is 18.2 Å². The summed E-state index contributed by atoms with van der Waals surface area (Å²) in [7, 11) is 3.87. The lowest BCUT2D eigenvalue weighted by Crippen LogP contribution is -2.44. The van der Waals surface area contributed by atoms with Crippen molar-refractivity contribution in [2.45, 2.75) is 39.2 Å². The van der Waals surface area contributed by atoms with Crippen LogP contribution in [0.3, 0.4) is 0 Å². The molecule has 0 radical (unpaired) electrons. The standard InChI is InChI=1S/C18H24N2O4/c1-5-6-10-23-17-12-14(22)13-11(21)8-7-9-18(13,2)16(20(3)4)15(12)24-19-17/h7-8,16,21H,5-6,9-10H2,1-4H3/t16-,18+/m0/s1. The number of unbranched alkanes of at least 4 members (excludes halogenated alkanes) is 1. The van der Waals surface area contributed by atoms with Crippen molar-refractivity contribution in [3.8, 4) is 5.88 Å². The van der Waals surface area contributed by atoms with Crippen LogP contribution in [0.5, 0.6) is 5.88 Å². The highest BCUT2D eigenvalue weighted by Crippen LogP contribution is 2.55. The maximum atomic E-state index is 13.1. The highest BCUT2D eigenvalue weighted by molar-refractivity contribution is 6.13. The van der Waals surface area contributed by atoms with Crippen molar-refractivity contribution in [3.05, 3.63) is 34.8 Å². The Labute approximate surface area is 141 Å². The van der Waals surface area contributed by atoms with Gasteiger partial charge in [-0.15, -0.1) is 0 Å². The summed E-state index contributed by atoms with van der Waals surface area (Å²) in [5.41, 5.74) is 0.200. The first-order valence-corrected chi connectivity index (χ1v) is 8.35. The average molecular weight is 332 g/mol. The minimum atomic E-state index is -0.563. The highest BCUT2D eigenvalue weighted by atomic mass is 16.5. The van der Waals surface area contributed by atoms with E-state index in [1.165, 1.54) is 0 Å². The summed E-state index contributed by atoms with van der Waals surface area (Å²) >= 11 is 0. The Morgan fingerprint density at radius 2 is 2.25 bits per heavy atom. The molecular weight excluding hydrogens is 308 g/mol. The number of ketones is 1. The van der Waals surface area contributed by atoms with Crippen molar-refractivity contribution in [3.63, 3.8) is 0 Å². The van der Waals surface area contributed by atoms with E-state index in [2.05, 4.69) is 12.1 Å². The molecule has 0 spiro atoms. The first-order valence-electron chi connectivity index (χ1n) is 8.35. The van der Waals surface area contributed by atoms with Crippen LogP contribution in [0.25, 0.3) is 0 Å². The zero-order valence-electron chi connectivity index (χ0n) is 14.6. The maximum absolute atomic E-state index is 13.1. The van der Waals surface area contributed by atoms with Crippen LogP contribution in [-0.4, -0.2) is 41.6 Å². The Kier molecular flexibility index (Phi) is 4.25. The number of carbonyl (C=O) groups is 1. The van der Waals surface area contributed by atoms with E-state index in [0.29, 0.717) is 29.9 Å². The molecular formula is C18H24N2O4. The topological polar surface area (TPSA) is 75.8 Å². The van der Waals surface area contributed by atoms with E-state index in [-0.39, 0.29) is 23.5 Å². The van der Waals surface area contributed by atoms with Gasteiger partial charge in [0.15, 0.2) is 5.76 Å². The summed E-state index contributed by atoms with van der Waals surface area (Å²) < 4.78 is 11.2. The molecule has 0 fully saturated rings. The number of Topliss-reactive ketones (excluding diaryl/α,β-unsaturated/α-hetero) is 1. The highest BCUT2D eigenvalue weighted by Gasteiger charge is 2.53. The van der Waals surface area contributed by atoms with Crippen molar-refractivity contribution in [2.24, 2.45) is 5.41 Å². The van der Waals surface area contributed by atoms with Crippen LogP contribution < -0.4 is 4.74 Å². The van der Waals surface area contributed by atoms with Crippen molar-refractivity contribution in [1.29, 1.82) is 0 Å². The van der Waals surface area contributed by atoms with Crippen LogP contribution in [0.4, 0.5) is 0 Å². The van der Waals surface area contributed by atoms with Gasteiger partial charge in [0, 0.05) is 5.41 Å². The molecule has 1 aromatic rings. The molecule has 3 rings (SSSR count). The molecule has 2 aliphatic rings. The first kappa shape index (κ1) is 16.8. The van der Waals surface area contributed by atoms with Crippen LogP contribution in [0.2, 0.25) is 0 Å². The second-order valence-corrected chi connectivity index (χ2v) is 6.91. The van der Waals surface area contributed by atoms with Gasteiger partial charge in [-0.3, -0.25) is 9.69 Å². The molecule has 6 nitrogen and oxygen atoms in total. The summed E-state index contributed by atoms with van der Waals surface area (Å²) in [6.45, 7) is 4.53. The fourth-order valence-electron chi connectivity index (χ4n) is 3.83. The minimum Gasteiger partial charge on any atom is -0.508 e. The summed E-state index contributed by atoms with van der Waals surface area (Å²) in [6.07, 6.45) is 6.00. The van der Waals surface area contributed by atoms with E-state index in [0.717, 1.165) is 12.8 Å². The number of ether oxygens (including phenoxy) is 1. The molecule has 0 aliphatic heterocycles. The molecule has 24 heavy (non-hydrogen) atoms. The van der Waals surface area contributed by atoms with E-state index < -0.39 is 5.41 Å². The molecule has 0 saturated heterocycles. The lowest BCUT2D eigenvalue weighted by Gasteiger charge is -2.44. The number of hydrogen-bond acceptors (Lipinski definition) is 6. The van der Waals surface area contributed by atoms with Crippen LogP contribution in [0.15, 0.2) is 28.0 Å². The lowest BCUT2D eigenvalue weighted by atomic mass is 9.63. The summed E-state index contributed by atoms with van der Waals surface area (Å²) in [6, 6.07) is -0.205. The number of fused-ring (bicyclic) bond motifs is 2. The molecule has 2 atom stereocenters. The van der Waals surface area contributed by atoms with Crippen LogP contribution in [0, 0.1) is 5.41 Å². The van der Waals surface area contributed by atoms with Gasteiger partial charge in [-0.05, 0) is 38.2 Å². The lowest BCUT2D eigenvalue weighted by molar-refractivity contribution is 0.0790. The van der Waals surface area contributed by atoms with Gasteiger partial charge >= 0.3 is 0 Å².